The van der Waals surface area contributed by atoms with Crippen molar-refractivity contribution in [3.05, 3.63) is 22.2 Å². The van der Waals surface area contributed by atoms with Gasteiger partial charge < -0.3 is 11.1 Å². The van der Waals surface area contributed by atoms with Gasteiger partial charge in [0.2, 0.25) is 15.9 Å². The molecule has 0 saturated carbocycles. The van der Waals surface area contributed by atoms with Gasteiger partial charge in [0.1, 0.15) is 10.9 Å². The molecular weight excluding hydrogens is 325 g/mol. The van der Waals surface area contributed by atoms with Crippen molar-refractivity contribution in [3.8, 4) is 0 Å². The first-order valence-electron chi connectivity index (χ1n) is 5.80. The first kappa shape index (κ1) is 15.4. The maximum absolute atomic E-state index is 12.6. The van der Waals surface area contributed by atoms with E-state index in [9.17, 15) is 13.2 Å². The van der Waals surface area contributed by atoms with Crippen LogP contribution in [-0.4, -0.2) is 37.8 Å². The number of carbonyl (C=O) groups is 1. The Morgan fingerprint density at radius 3 is 2.70 bits per heavy atom. The van der Waals surface area contributed by atoms with Crippen LogP contribution < -0.4 is 11.1 Å². The number of anilines is 1. The summed E-state index contributed by atoms with van der Waals surface area (Å²) in [6.07, 6.45) is 0. The Morgan fingerprint density at radius 1 is 1.40 bits per heavy atom. The molecule has 2 rings (SSSR count). The molecule has 110 valence electrons. The fourth-order valence-corrected chi connectivity index (χ4v) is 4.30. The van der Waals surface area contributed by atoms with E-state index in [1.807, 2.05) is 0 Å². The van der Waals surface area contributed by atoms with Gasteiger partial charge in [-0.25, -0.2) is 8.42 Å². The van der Waals surface area contributed by atoms with E-state index in [4.69, 9.17) is 28.9 Å². The molecular formula is C11H13Cl2N3O3S. The number of rotatable bonds is 2. The van der Waals surface area contributed by atoms with Crippen molar-refractivity contribution in [1.29, 1.82) is 0 Å². The molecule has 1 heterocycles. The second kappa shape index (κ2) is 5.40. The van der Waals surface area contributed by atoms with Crippen LogP contribution in [0.1, 0.15) is 6.92 Å². The molecule has 6 nitrogen and oxygen atoms in total. The lowest BCUT2D eigenvalue weighted by Crippen LogP contribution is -2.55. The summed E-state index contributed by atoms with van der Waals surface area (Å²) in [5.41, 5.74) is 5.65. The molecule has 1 aromatic rings. The summed E-state index contributed by atoms with van der Waals surface area (Å²) in [6, 6.07) is 1.85. The molecule has 0 aliphatic carbocycles. The molecule has 0 aromatic heterocycles. The van der Waals surface area contributed by atoms with Gasteiger partial charge in [0.05, 0.1) is 15.7 Å². The maximum atomic E-state index is 12.6. The molecule has 3 N–H and O–H groups in total. The molecule has 1 aliphatic rings. The highest BCUT2D eigenvalue weighted by atomic mass is 35.5. The van der Waals surface area contributed by atoms with E-state index >= 15 is 0 Å². The summed E-state index contributed by atoms with van der Waals surface area (Å²) in [6.45, 7) is 1.94. The van der Waals surface area contributed by atoms with Crippen LogP contribution >= 0.6 is 23.2 Å². The predicted octanol–water partition coefficient (Wildman–Crippen LogP) is 1.08. The van der Waals surface area contributed by atoms with Crippen molar-refractivity contribution in [2.24, 2.45) is 0 Å². The zero-order valence-electron chi connectivity index (χ0n) is 10.6. The average molecular weight is 338 g/mol. The third-order valence-electron chi connectivity index (χ3n) is 3.12. The first-order chi connectivity index (χ1) is 9.26. The molecule has 1 aliphatic heterocycles. The third-order valence-corrected chi connectivity index (χ3v) is 5.98. The van der Waals surface area contributed by atoms with E-state index in [2.05, 4.69) is 5.32 Å². The summed E-state index contributed by atoms with van der Waals surface area (Å²) < 4.78 is 26.3. The minimum Gasteiger partial charge on any atom is -0.396 e. The van der Waals surface area contributed by atoms with Crippen molar-refractivity contribution in [2.75, 3.05) is 18.8 Å². The van der Waals surface area contributed by atoms with Crippen molar-refractivity contribution in [2.45, 2.75) is 17.9 Å². The van der Waals surface area contributed by atoms with Gasteiger partial charge in [-0.3, -0.25) is 4.79 Å². The number of nitrogen functional groups attached to an aromatic ring is 1. The molecule has 1 saturated heterocycles. The monoisotopic (exact) mass is 337 g/mol. The number of amides is 1. The summed E-state index contributed by atoms with van der Waals surface area (Å²) >= 11 is 11.8. The van der Waals surface area contributed by atoms with Crippen LogP contribution in [0.15, 0.2) is 17.0 Å². The summed E-state index contributed by atoms with van der Waals surface area (Å²) in [7, 11) is -3.91. The van der Waals surface area contributed by atoms with Gasteiger partial charge in [-0.15, -0.1) is 0 Å². The Bertz CT molecular complexity index is 663. The zero-order chi connectivity index (χ0) is 15.1. The van der Waals surface area contributed by atoms with Crippen LogP contribution in [0.2, 0.25) is 10.0 Å². The molecule has 1 amide bonds. The summed E-state index contributed by atoms with van der Waals surface area (Å²) in [5, 5.41) is 2.65. The standard InChI is InChI=1S/C11H13Cl2N3O3S/c1-6-11(17)15-4-5-16(6)20(18,19)8-3-2-7(12)10(14)9(8)13/h2-3,6H,4-5,14H2,1H3,(H,15,17). The number of hydrogen-bond donors (Lipinski definition) is 2. The van der Waals surface area contributed by atoms with Gasteiger partial charge >= 0.3 is 0 Å². The van der Waals surface area contributed by atoms with E-state index in [0.717, 1.165) is 4.31 Å². The van der Waals surface area contributed by atoms with Gasteiger partial charge in [0, 0.05) is 13.1 Å². The molecule has 1 aromatic carbocycles. The number of nitrogens with one attached hydrogen (secondary N) is 1. The molecule has 1 fully saturated rings. The van der Waals surface area contributed by atoms with Crippen LogP contribution in [0.25, 0.3) is 0 Å². The lowest BCUT2D eigenvalue weighted by Gasteiger charge is -2.32. The van der Waals surface area contributed by atoms with Gasteiger partial charge in [0.25, 0.3) is 0 Å². The Morgan fingerprint density at radius 2 is 2.05 bits per heavy atom. The second-order valence-corrected chi connectivity index (χ2v) is 7.00. The normalized spacial score (nSPS) is 20.8. The fourth-order valence-electron chi connectivity index (χ4n) is 1.96. The van der Waals surface area contributed by atoms with Crippen LogP contribution in [0.5, 0.6) is 0 Å². The minimum atomic E-state index is -3.91. The number of piperazine rings is 1. The third kappa shape index (κ3) is 2.46. The van der Waals surface area contributed by atoms with Crippen LogP contribution in [0, 0.1) is 0 Å². The van der Waals surface area contributed by atoms with Crippen LogP contribution in [0.3, 0.4) is 0 Å². The number of nitrogens with two attached hydrogens (primary N) is 1. The smallest absolute Gasteiger partial charge is 0.245 e. The van der Waals surface area contributed by atoms with Gasteiger partial charge in [-0.05, 0) is 19.1 Å². The highest BCUT2D eigenvalue weighted by Gasteiger charge is 2.37. The van der Waals surface area contributed by atoms with Gasteiger partial charge in [0.15, 0.2) is 0 Å². The Balaban J connectivity index is 2.51. The van der Waals surface area contributed by atoms with Gasteiger partial charge in [-0.1, -0.05) is 23.2 Å². The zero-order valence-corrected chi connectivity index (χ0v) is 12.9. The average Bonchev–Trinajstić information content (AvgIpc) is 2.38. The fraction of sp³-hybridized carbons (Fsp3) is 0.364. The molecule has 1 unspecified atom stereocenters. The second-order valence-electron chi connectivity index (χ2n) is 4.36. The topological polar surface area (TPSA) is 92.5 Å². The molecule has 1 atom stereocenters. The molecule has 0 radical (unpaired) electrons. The van der Waals surface area contributed by atoms with E-state index in [-0.39, 0.29) is 39.6 Å². The van der Waals surface area contributed by atoms with Crippen molar-refractivity contribution < 1.29 is 13.2 Å². The minimum absolute atomic E-state index is 0.00326. The summed E-state index contributed by atoms with van der Waals surface area (Å²) in [4.78, 5) is 11.4. The first-order valence-corrected chi connectivity index (χ1v) is 7.99. The Kier molecular flexibility index (Phi) is 4.15. The SMILES string of the molecule is CC1C(=O)NCCN1S(=O)(=O)c1ccc(Cl)c(N)c1Cl. The van der Waals surface area contributed by atoms with E-state index in [1.165, 1.54) is 19.1 Å². The van der Waals surface area contributed by atoms with E-state index in [0.29, 0.717) is 0 Å². The molecule has 9 heteroatoms. The highest BCUT2D eigenvalue weighted by molar-refractivity contribution is 7.89. The van der Waals surface area contributed by atoms with Crippen molar-refractivity contribution in [1.82, 2.24) is 9.62 Å². The number of sulfonamides is 1. The van der Waals surface area contributed by atoms with E-state index < -0.39 is 16.1 Å². The Labute approximate surface area is 126 Å². The van der Waals surface area contributed by atoms with Crippen LogP contribution in [-0.2, 0) is 14.8 Å². The Hall–Kier alpha value is -1.02. The van der Waals surface area contributed by atoms with Crippen LogP contribution in [0.4, 0.5) is 5.69 Å². The van der Waals surface area contributed by atoms with Gasteiger partial charge in [-0.2, -0.15) is 4.31 Å². The van der Waals surface area contributed by atoms with E-state index in [1.54, 1.807) is 0 Å². The highest BCUT2D eigenvalue weighted by Crippen LogP contribution is 2.35. The quantitative estimate of drug-likeness (QED) is 0.790. The number of benzene rings is 1. The summed E-state index contributed by atoms with van der Waals surface area (Å²) in [5.74, 6) is -0.349. The van der Waals surface area contributed by atoms with Crippen molar-refractivity contribution >= 4 is 44.8 Å². The lowest BCUT2D eigenvalue weighted by atomic mass is 10.2. The number of carbonyl (C=O) groups excluding carboxylic acids is 1. The number of hydrogen-bond acceptors (Lipinski definition) is 4. The maximum Gasteiger partial charge on any atom is 0.245 e. The molecule has 20 heavy (non-hydrogen) atoms. The molecule has 0 spiro atoms. The lowest BCUT2D eigenvalue weighted by molar-refractivity contribution is -0.126. The predicted molar refractivity (Wildman–Crippen MR) is 77.2 cm³/mol. The van der Waals surface area contributed by atoms with Crippen molar-refractivity contribution in [3.63, 3.8) is 0 Å². The number of halogens is 2. The largest absolute Gasteiger partial charge is 0.396 e. The molecule has 0 bridgehead atoms. The number of nitrogens with zero attached hydrogens (tertiary/aromatic N) is 1.